The summed E-state index contributed by atoms with van der Waals surface area (Å²) < 4.78 is 0. The van der Waals surface area contributed by atoms with Gasteiger partial charge in [0.15, 0.2) is 0 Å². The van der Waals surface area contributed by atoms with Crippen molar-refractivity contribution in [3.8, 4) is 0 Å². The Labute approximate surface area is 100 Å². The van der Waals surface area contributed by atoms with Crippen molar-refractivity contribution < 1.29 is 15.0 Å². The lowest BCUT2D eigenvalue weighted by Gasteiger charge is -2.27. The Hall–Kier alpha value is -1.55. The van der Waals surface area contributed by atoms with Crippen LogP contribution in [0.3, 0.4) is 0 Å². The minimum Gasteiger partial charge on any atom is -0.478 e. The molecule has 0 aromatic heterocycles. The highest BCUT2D eigenvalue weighted by atomic mass is 16.4. The Kier molecular flexibility index (Phi) is 3.64. The predicted octanol–water partition coefficient (Wildman–Crippen LogP) is 2.10. The topological polar surface area (TPSA) is 69.6 Å². The van der Waals surface area contributed by atoms with Crippen LogP contribution in [0.4, 0.5) is 5.69 Å². The van der Waals surface area contributed by atoms with Crippen LogP contribution in [0, 0.1) is 0 Å². The number of benzene rings is 1. The van der Waals surface area contributed by atoms with Gasteiger partial charge in [-0.2, -0.15) is 0 Å². The fourth-order valence-corrected chi connectivity index (χ4v) is 2.16. The molecule has 1 aliphatic rings. The molecule has 1 aromatic carbocycles. The van der Waals surface area contributed by atoms with E-state index in [2.05, 4.69) is 5.32 Å². The Bertz CT molecular complexity index is 380. The molecule has 0 unspecified atom stereocenters. The molecule has 0 saturated heterocycles. The van der Waals surface area contributed by atoms with Gasteiger partial charge in [-0.05, 0) is 49.9 Å². The molecule has 0 amide bonds. The number of carboxylic acid groups (broad SMARTS) is 1. The van der Waals surface area contributed by atoms with Crippen LogP contribution in [0.1, 0.15) is 36.0 Å². The first-order valence-electron chi connectivity index (χ1n) is 5.93. The summed E-state index contributed by atoms with van der Waals surface area (Å²) in [7, 11) is 0. The zero-order valence-electron chi connectivity index (χ0n) is 9.60. The van der Waals surface area contributed by atoms with E-state index in [1.54, 1.807) is 24.3 Å². The highest BCUT2D eigenvalue weighted by Crippen LogP contribution is 2.22. The summed E-state index contributed by atoms with van der Waals surface area (Å²) in [5.41, 5.74) is 1.24. The highest BCUT2D eigenvalue weighted by Gasteiger charge is 2.18. The fraction of sp³-hybridized carbons (Fsp3) is 0.462. The van der Waals surface area contributed by atoms with Gasteiger partial charge in [-0.1, -0.05) is 0 Å². The van der Waals surface area contributed by atoms with Crippen molar-refractivity contribution in [2.24, 2.45) is 0 Å². The van der Waals surface area contributed by atoms with E-state index in [0.717, 1.165) is 31.4 Å². The summed E-state index contributed by atoms with van der Waals surface area (Å²) in [4.78, 5) is 10.7. The van der Waals surface area contributed by atoms with E-state index >= 15 is 0 Å². The predicted molar refractivity (Wildman–Crippen MR) is 65.3 cm³/mol. The molecule has 2 rings (SSSR count). The standard InChI is InChI=1S/C13H17NO3/c15-12-7-5-11(6-8-12)14-10-3-1-9(2-4-10)13(16)17/h1-4,11-12,14-15H,5-8H2,(H,16,17). The highest BCUT2D eigenvalue weighted by molar-refractivity contribution is 5.87. The van der Waals surface area contributed by atoms with Crippen molar-refractivity contribution in [3.05, 3.63) is 29.8 Å². The summed E-state index contributed by atoms with van der Waals surface area (Å²) in [6, 6.07) is 7.15. The van der Waals surface area contributed by atoms with Gasteiger partial charge in [0.1, 0.15) is 0 Å². The maximum atomic E-state index is 10.7. The van der Waals surface area contributed by atoms with Gasteiger partial charge in [0.05, 0.1) is 11.7 Å². The lowest BCUT2D eigenvalue weighted by molar-refractivity contribution is 0.0697. The zero-order chi connectivity index (χ0) is 12.3. The fourth-order valence-electron chi connectivity index (χ4n) is 2.16. The summed E-state index contributed by atoms with van der Waals surface area (Å²) in [6.45, 7) is 0. The molecule has 4 heteroatoms. The third-order valence-electron chi connectivity index (χ3n) is 3.20. The van der Waals surface area contributed by atoms with E-state index in [9.17, 15) is 9.90 Å². The SMILES string of the molecule is O=C(O)c1ccc(NC2CCC(O)CC2)cc1. The summed E-state index contributed by atoms with van der Waals surface area (Å²) >= 11 is 0. The van der Waals surface area contributed by atoms with Gasteiger partial charge in [0.2, 0.25) is 0 Å². The largest absolute Gasteiger partial charge is 0.478 e. The Morgan fingerprint density at radius 1 is 1.12 bits per heavy atom. The van der Waals surface area contributed by atoms with Gasteiger partial charge in [-0.15, -0.1) is 0 Å². The number of nitrogens with one attached hydrogen (secondary N) is 1. The van der Waals surface area contributed by atoms with Gasteiger partial charge in [-0.3, -0.25) is 0 Å². The summed E-state index contributed by atoms with van der Waals surface area (Å²) in [5.74, 6) is -0.905. The second kappa shape index (κ2) is 5.19. The Balaban J connectivity index is 1.92. The normalized spacial score (nSPS) is 24.3. The van der Waals surface area contributed by atoms with Crippen LogP contribution in [-0.2, 0) is 0 Å². The van der Waals surface area contributed by atoms with Crippen LogP contribution in [-0.4, -0.2) is 28.3 Å². The first kappa shape index (κ1) is 11.9. The van der Waals surface area contributed by atoms with E-state index in [1.807, 2.05) is 0 Å². The van der Waals surface area contributed by atoms with Gasteiger partial charge in [-0.25, -0.2) is 4.79 Å². The van der Waals surface area contributed by atoms with Gasteiger partial charge in [0, 0.05) is 11.7 Å². The number of hydrogen-bond donors (Lipinski definition) is 3. The molecule has 0 radical (unpaired) electrons. The molecule has 1 aliphatic carbocycles. The maximum absolute atomic E-state index is 10.7. The van der Waals surface area contributed by atoms with Crippen LogP contribution in [0.15, 0.2) is 24.3 Å². The van der Waals surface area contributed by atoms with E-state index in [0.29, 0.717) is 11.6 Å². The van der Waals surface area contributed by atoms with E-state index < -0.39 is 5.97 Å². The molecule has 0 heterocycles. The monoisotopic (exact) mass is 235 g/mol. The number of hydrogen-bond acceptors (Lipinski definition) is 3. The molecule has 1 saturated carbocycles. The minimum atomic E-state index is -0.905. The third kappa shape index (κ3) is 3.20. The second-order valence-electron chi connectivity index (χ2n) is 4.53. The molecular formula is C13H17NO3. The van der Waals surface area contributed by atoms with Crippen molar-refractivity contribution in [2.45, 2.75) is 37.8 Å². The number of aliphatic hydroxyl groups is 1. The molecule has 0 aliphatic heterocycles. The van der Waals surface area contributed by atoms with Crippen LogP contribution in [0.25, 0.3) is 0 Å². The van der Waals surface area contributed by atoms with E-state index in [-0.39, 0.29) is 6.10 Å². The van der Waals surface area contributed by atoms with Crippen LogP contribution >= 0.6 is 0 Å². The Morgan fingerprint density at radius 2 is 1.71 bits per heavy atom. The van der Waals surface area contributed by atoms with Gasteiger partial charge < -0.3 is 15.5 Å². The zero-order valence-corrected chi connectivity index (χ0v) is 9.60. The first-order chi connectivity index (χ1) is 8.15. The number of carboxylic acids is 1. The molecule has 17 heavy (non-hydrogen) atoms. The minimum absolute atomic E-state index is 0.151. The second-order valence-corrected chi connectivity index (χ2v) is 4.53. The maximum Gasteiger partial charge on any atom is 0.335 e. The number of aromatic carboxylic acids is 1. The number of rotatable bonds is 3. The first-order valence-corrected chi connectivity index (χ1v) is 5.93. The molecule has 0 atom stereocenters. The number of anilines is 1. The molecule has 0 bridgehead atoms. The van der Waals surface area contributed by atoms with Gasteiger partial charge >= 0.3 is 5.97 Å². The van der Waals surface area contributed by atoms with Gasteiger partial charge in [0.25, 0.3) is 0 Å². The molecule has 92 valence electrons. The molecule has 1 fully saturated rings. The molecular weight excluding hydrogens is 218 g/mol. The van der Waals surface area contributed by atoms with E-state index in [1.165, 1.54) is 0 Å². The lowest BCUT2D eigenvalue weighted by atomic mass is 9.93. The van der Waals surface area contributed by atoms with Crippen LogP contribution in [0.5, 0.6) is 0 Å². The molecule has 4 nitrogen and oxygen atoms in total. The van der Waals surface area contributed by atoms with Crippen molar-refractivity contribution in [3.63, 3.8) is 0 Å². The average Bonchev–Trinajstić information content (AvgIpc) is 2.33. The van der Waals surface area contributed by atoms with Crippen molar-refractivity contribution in [2.75, 3.05) is 5.32 Å². The van der Waals surface area contributed by atoms with E-state index in [4.69, 9.17) is 5.11 Å². The average molecular weight is 235 g/mol. The molecule has 1 aromatic rings. The smallest absolute Gasteiger partial charge is 0.335 e. The van der Waals surface area contributed by atoms with Crippen molar-refractivity contribution in [1.29, 1.82) is 0 Å². The van der Waals surface area contributed by atoms with Crippen LogP contribution < -0.4 is 5.32 Å². The number of aliphatic hydroxyl groups excluding tert-OH is 1. The quantitative estimate of drug-likeness (QED) is 0.750. The molecule has 0 spiro atoms. The number of carbonyl (C=O) groups is 1. The summed E-state index contributed by atoms with van der Waals surface area (Å²) in [6.07, 6.45) is 3.45. The van der Waals surface area contributed by atoms with Crippen LogP contribution in [0.2, 0.25) is 0 Å². The Morgan fingerprint density at radius 3 is 2.24 bits per heavy atom. The van der Waals surface area contributed by atoms with Crippen molar-refractivity contribution >= 4 is 11.7 Å². The van der Waals surface area contributed by atoms with Crippen molar-refractivity contribution in [1.82, 2.24) is 0 Å². The third-order valence-corrected chi connectivity index (χ3v) is 3.20. The summed E-state index contributed by atoms with van der Waals surface area (Å²) in [5, 5.41) is 21.5. The molecule has 3 N–H and O–H groups in total. The lowest BCUT2D eigenvalue weighted by Crippen LogP contribution is -2.28.